The Bertz CT molecular complexity index is 407. The van der Waals surface area contributed by atoms with E-state index in [1.807, 2.05) is 0 Å². The maximum absolute atomic E-state index is 10.8. The van der Waals surface area contributed by atoms with Gasteiger partial charge in [-0.2, -0.15) is 0 Å². The third kappa shape index (κ3) is 4.35. The van der Waals surface area contributed by atoms with E-state index in [0.717, 1.165) is 18.5 Å². The zero-order valence-corrected chi connectivity index (χ0v) is 11.6. The zero-order valence-electron chi connectivity index (χ0n) is 11.6. The smallest absolute Gasteiger partial charge is 0.306 e. The molecule has 1 saturated heterocycles. The summed E-state index contributed by atoms with van der Waals surface area (Å²) in [5, 5.41) is 8.90. The molecule has 1 atom stereocenters. The van der Waals surface area contributed by atoms with Gasteiger partial charge in [0.15, 0.2) is 0 Å². The zero-order chi connectivity index (χ0) is 13.7. The minimum Gasteiger partial charge on any atom is -0.481 e. The van der Waals surface area contributed by atoms with Crippen molar-refractivity contribution in [1.82, 2.24) is 4.90 Å². The lowest BCUT2D eigenvalue weighted by molar-refractivity contribution is -0.141. The lowest BCUT2D eigenvalue weighted by atomic mass is 10.00. The Morgan fingerprint density at radius 2 is 1.79 bits per heavy atom. The molecule has 1 aromatic carbocycles. The minimum absolute atomic E-state index is 0.310. The molecule has 1 fully saturated rings. The molecular weight excluding hydrogens is 238 g/mol. The Balaban J connectivity index is 1.82. The van der Waals surface area contributed by atoms with E-state index in [1.165, 1.54) is 31.5 Å². The summed E-state index contributed by atoms with van der Waals surface area (Å²) in [6.07, 6.45) is 4.38. The van der Waals surface area contributed by atoms with Crippen LogP contribution in [-0.4, -0.2) is 35.6 Å². The number of carboxylic acid groups (broad SMARTS) is 1. The molecule has 0 spiro atoms. The van der Waals surface area contributed by atoms with E-state index >= 15 is 0 Å². The summed E-state index contributed by atoms with van der Waals surface area (Å²) in [6.45, 7) is 5.39. The summed E-state index contributed by atoms with van der Waals surface area (Å²) >= 11 is 0. The third-order valence-electron chi connectivity index (χ3n) is 3.90. The van der Waals surface area contributed by atoms with Crippen molar-refractivity contribution >= 4 is 5.97 Å². The van der Waals surface area contributed by atoms with Crippen LogP contribution in [0.5, 0.6) is 0 Å². The molecule has 0 aliphatic carbocycles. The van der Waals surface area contributed by atoms with Crippen molar-refractivity contribution in [3.05, 3.63) is 35.4 Å². The van der Waals surface area contributed by atoms with E-state index in [9.17, 15) is 4.79 Å². The van der Waals surface area contributed by atoms with Gasteiger partial charge >= 0.3 is 5.97 Å². The van der Waals surface area contributed by atoms with Gasteiger partial charge in [-0.15, -0.1) is 0 Å². The standard InChI is InChI=1S/C16H23NO2/c1-13(16(18)19)12-15-6-4-14(5-7-15)8-11-17-9-2-3-10-17/h4-7,13H,2-3,8-12H2,1H3,(H,18,19). The molecule has 1 unspecified atom stereocenters. The first-order valence-electron chi connectivity index (χ1n) is 7.18. The molecule has 0 bridgehead atoms. The molecule has 0 radical (unpaired) electrons. The van der Waals surface area contributed by atoms with Gasteiger partial charge in [0.25, 0.3) is 0 Å². The molecule has 3 nitrogen and oxygen atoms in total. The van der Waals surface area contributed by atoms with Crippen molar-refractivity contribution < 1.29 is 9.90 Å². The number of benzene rings is 1. The molecule has 0 amide bonds. The minimum atomic E-state index is -0.724. The van der Waals surface area contributed by atoms with Crippen LogP contribution in [0.1, 0.15) is 30.9 Å². The predicted molar refractivity (Wildman–Crippen MR) is 76.3 cm³/mol. The van der Waals surface area contributed by atoms with E-state index in [2.05, 4.69) is 29.2 Å². The topological polar surface area (TPSA) is 40.5 Å². The van der Waals surface area contributed by atoms with Crippen molar-refractivity contribution in [1.29, 1.82) is 0 Å². The van der Waals surface area contributed by atoms with E-state index in [4.69, 9.17) is 5.11 Å². The second-order valence-corrected chi connectivity index (χ2v) is 5.56. The van der Waals surface area contributed by atoms with Gasteiger partial charge in [-0.25, -0.2) is 0 Å². The van der Waals surface area contributed by atoms with Crippen LogP contribution in [0, 0.1) is 5.92 Å². The first-order chi connectivity index (χ1) is 9.15. The fourth-order valence-corrected chi connectivity index (χ4v) is 2.58. The SMILES string of the molecule is CC(Cc1ccc(CCN2CCCC2)cc1)C(=O)O. The number of nitrogens with zero attached hydrogens (tertiary/aromatic N) is 1. The average molecular weight is 261 g/mol. The molecule has 0 aromatic heterocycles. The molecule has 19 heavy (non-hydrogen) atoms. The summed E-state index contributed by atoms with van der Waals surface area (Å²) in [4.78, 5) is 13.3. The highest BCUT2D eigenvalue weighted by molar-refractivity contribution is 5.69. The summed E-state index contributed by atoms with van der Waals surface area (Å²) in [7, 11) is 0. The van der Waals surface area contributed by atoms with Gasteiger partial charge in [0, 0.05) is 6.54 Å². The fraction of sp³-hybridized carbons (Fsp3) is 0.562. The van der Waals surface area contributed by atoms with Gasteiger partial charge in [-0.1, -0.05) is 31.2 Å². The van der Waals surface area contributed by atoms with Crippen LogP contribution in [0.3, 0.4) is 0 Å². The molecule has 104 valence electrons. The lowest BCUT2D eigenvalue weighted by Gasteiger charge is -2.14. The second kappa shape index (κ2) is 6.71. The number of carbonyl (C=O) groups is 1. The Hall–Kier alpha value is -1.35. The highest BCUT2D eigenvalue weighted by Crippen LogP contribution is 2.13. The highest BCUT2D eigenvalue weighted by Gasteiger charge is 2.12. The number of carboxylic acids is 1. The first-order valence-corrected chi connectivity index (χ1v) is 7.18. The third-order valence-corrected chi connectivity index (χ3v) is 3.90. The Morgan fingerprint density at radius 3 is 2.37 bits per heavy atom. The van der Waals surface area contributed by atoms with E-state index in [1.54, 1.807) is 6.92 Å². The number of aliphatic carboxylic acids is 1. The van der Waals surface area contributed by atoms with Crippen LogP contribution in [0.4, 0.5) is 0 Å². The van der Waals surface area contributed by atoms with Gasteiger partial charge < -0.3 is 10.0 Å². The molecule has 2 rings (SSSR count). The molecule has 3 heteroatoms. The maximum Gasteiger partial charge on any atom is 0.306 e. The number of hydrogen-bond donors (Lipinski definition) is 1. The van der Waals surface area contributed by atoms with E-state index in [-0.39, 0.29) is 5.92 Å². The molecule has 1 aliphatic heterocycles. The van der Waals surface area contributed by atoms with Crippen LogP contribution < -0.4 is 0 Å². The Labute approximate surface area is 115 Å². The van der Waals surface area contributed by atoms with Gasteiger partial charge in [0.1, 0.15) is 0 Å². The van der Waals surface area contributed by atoms with Gasteiger partial charge in [0.2, 0.25) is 0 Å². The quantitative estimate of drug-likeness (QED) is 0.855. The average Bonchev–Trinajstić information content (AvgIpc) is 2.91. The van der Waals surface area contributed by atoms with Gasteiger partial charge in [-0.3, -0.25) is 4.79 Å². The molecular formula is C16H23NO2. The molecule has 1 aliphatic rings. The number of hydrogen-bond acceptors (Lipinski definition) is 2. The maximum atomic E-state index is 10.8. The van der Waals surface area contributed by atoms with Gasteiger partial charge in [0.05, 0.1) is 5.92 Å². The summed E-state index contributed by atoms with van der Waals surface area (Å²) in [5.74, 6) is -1.03. The number of likely N-dealkylation sites (tertiary alicyclic amines) is 1. The number of rotatable bonds is 6. The fourth-order valence-electron chi connectivity index (χ4n) is 2.58. The van der Waals surface area contributed by atoms with Crippen molar-refractivity contribution in [2.45, 2.75) is 32.6 Å². The first kappa shape index (κ1) is 14.1. The molecule has 1 heterocycles. The van der Waals surface area contributed by atoms with E-state index in [0.29, 0.717) is 6.42 Å². The van der Waals surface area contributed by atoms with Crippen LogP contribution in [-0.2, 0) is 17.6 Å². The van der Waals surface area contributed by atoms with Gasteiger partial charge in [-0.05, 0) is 49.9 Å². The van der Waals surface area contributed by atoms with Crippen LogP contribution in [0.2, 0.25) is 0 Å². The van der Waals surface area contributed by atoms with Crippen LogP contribution in [0.15, 0.2) is 24.3 Å². The highest BCUT2D eigenvalue weighted by atomic mass is 16.4. The molecule has 0 saturated carbocycles. The van der Waals surface area contributed by atoms with Crippen molar-refractivity contribution in [3.8, 4) is 0 Å². The normalized spacial score (nSPS) is 17.5. The lowest BCUT2D eigenvalue weighted by Crippen LogP contribution is -2.21. The summed E-state index contributed by atoms with van der Waals surface area (Å²) < 4.78 is 0. The van der Waals surface area contributed by atoms with E-state index < -0.39 is 5.97 Å². The summed E-state index contributed by atoms with van der Waals surface area (Å²) in [6, 6.07) is 8.41. The Kier molecular flexibility index (Phi) is 4.97. The molecule has 1 N–H and O–H groups in total. The molecule has 1 aromatic rings. The largest absolute Gasteiger partial charge is 0.481 e. The van der Waals surface area contributed by atoms with Crippen LogP contribution in [0.25, 0.3) is 0 Å². The van der Waals surface area contributed by atoms with Crippen molar-refractivity contribution in [2.24, 2.45) is 5.92 Å². The Morgan fingerprint density at radius 1 is 1.21 bits per heavy atom. The monoisotopic (exact) mass is 261 g/mol. The van der Waals surface area contributed by atoms with Crippen LogP contribution >= 0.6 is 0 Å². The second-order valence-electron chi connectivity index (χ2n) is 5.56. The van der Waals surface area contributed by atoms with Crippen molar-refractivity contribution in [3.63, 3.8) is 0 Å². The summed E-state index contributed by atoms with van der Waals surface area (Å²) in [5.41, 5.74) is 2.46. The predicted octanol–water partition coefficient (Wildman–Crippen LogP) is 2.59. The van der Waals surface area contributed by atoms with Crippen molar-refractivity contribution in [2.75, 3.05) is 19.6 Å².